The molecule has 7 nitrogen and oxygen atoms in total. The molecule has 2 amide bonds. The number of hydrogen-bond donors (Lipinski definition) is 1. The summed E-state index contributed by atoms with van der Waals surface area (Å²) >= 11 is 0. The first-order valence-corrected chi connectivity index (χ1v) is 10.1. The van der Waals surface area contributed by atoms with Crippen LogP contribution in [-0.2, 0) is 4.79 Å². The van der Waals surface area contributed by atoms with Crippen LogP contribution in [0.3, 0.4) is 0 Å². The third-order valence-electron chi connectivity index (χ3n) is 5.26. The van der Waals surface area contributed by atoms with Crippen LogP contribution >= 0.6 is 0 Å². The van der Waals surface area contributed by atoms with Gasteiger partial charge in [0.2, 0.25) is 17.6 Å². The fourth-order valence-electron chi connectivity index (χ4n) is 3.67. The van der Waals surface area contributed by atoms with Crippen LogP contribution in [-0.4, -0.2) is 39.9 Å². The van der Waals surface area contributed by atoms with Crippen LogP contribution in [0.4, 0.5) is 5.69 Å². The average molecular weight is 404 g/mol. The number of nitrogens with zero attached hydrogens (tertiary/aromatic N) is 3. The normalized spacial score (nSPS) is 16.3. The smallest absolute Gasteiger partial charge is 0.253 e. The standard InChI is InChI=1S/C23H24N4O3/c1-15-5-7-18(8-6-15)23(29)27-13-3-4-19(14-27)22-25-21(26-30-22)17-9-11-20(12-10-17)24-16(2)28/h5-12,19H,3-4,13-14H2,1-2H3,(H,24,28)/t19-/m1/s1. The van der Waals surface area contributed by atoms with Gasteiger partial charge in [-0.05, 0) is 56.2 Å². The molecule has 2 aromatic carbocycles. The van der Waals surface area contributed by atoms with Gasteiger partial charge in [0.1, 0.15) is 0 Å². The molecular weight excluding hydrogens is 380 g/mol. The van der Waals surface area contributed by atoms with E-state index in [0.29, 0.717) is 29.5 Å². The molecule has 0 bridgehead atoms. The van der Waals surface area contributed by atoms with Crippen LogP contribution in [0.25, 0.3) is 11.4 Å². The molecule has 0 spiro atoms. The zero-order valence-electron chi connectivity index (χ0n) is 17.1. The number of rotatable bonds is 4. The highest BCUT2D eigenvalue weighted by atomic mass is 16.5. The zero-order chi connectivity index (χ0) is 21.1. The Bertz CT molecular complexity index is 1040. The molecular formula is C23H24N4O3. The molecule has 0 unspecified atom stereocenters. The lowest BCUT2D eigenvalue weighted by Gasteiger charge is -2.31. The maximum Gasteiger partial charge on any atom is 0.253 e. The van der Waals surface area contributed by atoms with Gasteiger partial charge in [-0.25, -0.2) is 0 Å². The van der Waals surface area contributed by atoms with Gasteiger partial charge in [-0.3, -0.25) is 9.59 Å². The summed E-state index contributed by atoms with van der Waals surface area (Å²) in [4.78, 5) is 30.4. The van der Waals surface area contributed by atoms with Crippen LogP contribution in [0.2, 0.25) is 0 Å². The number of piperidine rings is 1. The summed E-state index contributed by atoms with van der Waals surface area (Å²) in [6.45, 7) is 4.77. The van der Waals surface area contributed by atoms with Gasteiger partial charge >= 0.3 is 0 Å². The van der Waals surface area contributed by atoms with E-state index >= 15 is 0 Å². The second-order valence-electron chi connectivity index (χ2n) is 7.67. The summed E-state index contributed by atoms with van der Waals surface area (Å²) in [6, 6.07) is 14.9. The summed E-state index contributed by atoms with van der Waals surface area (Å²) < 4.78 is 5.53. The van der Waals surface area contributed by atoms with Gasteiger partial charge in [-0.15, -0.1) is 0 Å². The van der Waals surface area contributed by atoms with Crippen molar-refractivity contribution >= 4 is 17.5 Å². The van der Waals surface area contributed by atoms with E-state index in [-0.39, 0.29) is 17.7 Å². The minimum atomic E-state index is -0.119. The van der Waals surface area contributed by atoms with Crippen LogP contribution in [0.15, 0.2) is 53.1 Å². The Morgan fingerprint density at radius 1 is 1.10 bits per heavy atom. The fourth-order valence-corrected chi connectivity index (χ4v) is 3.67. The predicted octanol–water partition coefficient (Wildman–Crippen LogP) is 4.02. The molecule has 4 rings (SSSR count). The van der Waals surface area contributed by atoms with E-state index in [1.807, 2.05) is 48.2 Å². The molecule has 3 aromatic rings. The van der Waals surface area contributed by atoms with E-state index in [1.165, 1.54) is 6.92 Å². The first-order chi connectivity index (χ1) is 14.5. The molecule has 0 aliphatic carbocycles. The number of benzene rings is 2. The lowest BCUT2D eigenvalue weighted by molar-refractivity contribution is -0.114. The molecule has 1 fully saturated rings. The third kappa shape index (κ3) is 4.40. The van der Waals surface area contributed by atoms with Crippen LogP contribution < -0.4 is 5.32 Å². The Labute approximate surface area is 175 Å². The summed E-state index contributed by atoms with van der Waals surface area (Å²) in [5, 5.41) is 6.84. The molecule has 1 atom stereocenters. The summed E-state index contributed by atoms with van der Waals surface area (Å²) in [6.07, 6.45) is 1.80. The van der Waals surface area contributed by atoms with Gasteiger partial charge in [-0.1, -0.05) is 22.9 Å². The number of amides is 2. The van der Waals surface area contributed by atoms with Gasteiger partial charge in [-0.2, -0.15) is 4.98 Å². The highest BCUT2D eigenvalue weighted by molar-refractivity contribution is 5.94. The average Bonchev–Trinajstić information content (AvgIpc) is 3.24. The fraction of sp³-hybridized carbons (Fsp3) is 0.304. The van der Waals surface area contributed by atoms with Crippen molar-refractivity contribution in [3.63, 3.8) is 0 Å². The summed E-state index contributed by atoms with van der Waals surface area (Å²) in [5.74, 6) is 0.992. The maximum atomic E-state index is 12.9. The number of carbonyl (C=O) groups excluding carboxylic acids is 2. The second kappa shape index (κ2) is 8.49. The first kappa shape index (κ1) is 19.8. The molecule has 2 heterocycles. The van der Waals surface area contributed by atoms with Crippen molar-refractivity contribution in [3.8, 4) is 11.4 Å². The number of nitrogens with one attached hydrogen (secondary N) is 1. The number of likely N-dealkylation sites (tertiary alicyclic amines) is 1. The van der Waals surface area contributed by atoms with Crippen molar-refractivity contribution in [2.75, 3.05) is 18.4 Å². The minimum Gasteiger partial charge on any atom is -0.339 e. The molecule has 1 aliphatic rings. The number of aryl methyl sites for hydroxylation is 1. The van der Waals surface area contributed by atoms with Crippen molar-refractivity contribution in [3.05, 3.63) is 65.5 Å². The van der Waals surface area contributed by atoms with E-state index in [0.717, 1.165) is 30.5 Å². The van der Waals surface area contributed by atoms with Crippen molar-refractivity contribution in [2.24, 2.45) is 0 Å². The number of carbonyl (C=O) groups is 2. The van der Waals surface area contributed by atoms with Crippen molar-refractivity contribution in [1.29, 1.82) is 0 Å². The SMILES string of the molecule is CC(=O)Nc1ccc(-c2noc([C@@H]3CCCN(C(=O)c4ccc(C)cc4)C3)n2)cc1. The quantitative estimate of drug-likeness (QED) is 0.709. The number of aromatic nitrogens is 2. The predicted molar refractivity (Wildman–Crippen MR) is 113 cm³/mol. The Hall–Kier alpha value is -3.48. The Kier molecular flexibility index (Phi) is 5.61. The molecule has 1 aliphatic heterocycles. The lowest BCUT2D eigenvalue weighted by atomic mass is 9.97. The van der Waals surface area contributed by atoms with E-state index in [4.69, 9.17) is 4.52 Å². The van der Waals surface area contributed by atoms with E-state index < -0.39 is 0 Å². The third-order valence-corrected chi connectivity index (χ3v) is 5.26. The molecule has 0 radical (unpaired) electrons. The first-order valence-electron chi connectivity index (χ1n) is 10.1. The summed E-state index contributed by atoms with van der Waals surface area (Å²) in [5.41, 5.74) is 3.35. The van der Waals surface area contributed by atoms with Gasteiger partial charge in [0.25, 0.3) is 5.91 Å². The molecule has 0 saturated carbocycles. The summed E-state index contributed by atoms with van der Waals surface area (Å²) in [7, 11) is 0. The Balaban J connectivity index is 1.45. The molecule has 7 heteroatoms. The van der Waals surface area contributed by atoms with Crippen LogP contribution in [0, 0.1) is 6.92 Å². The van der Waals surface area contributed by atoms with Crippen LogP contribution in [0.1, 0.15) is 47.5 Å². The molecule has 1 saturated heterocycles. The largest absolute Gasteiger partial charge is 0.339 e. The topological polar surface area (TPSA) is 88.3 Å². The number of anilines is 1. The highest BCUT2D eigenvalue weighted by Gasteiger charge is 2.29. The van der Waals surface area contributed by atoms with E-state index in [2.05, 4.69) is 15.5 Å². The van der Waals surface area contributed by atoms with Gasteiger partial charge in [0, 0.05) is 36.8 Å². The van der Waals surface area contributed by atoms with Crippen molar-refractivity contribution < 1.29 is 14.1 Å². The highest BCUT2D eigenvalue weighted by Crippen LogP contribution is 2.28. The van der Waals surface area contributed by atoms with Gasteiger partial charge in [0.15, 0.2) is 0 Å². The molecule has 154 valence electrons. The second-order valence-corrected chi connectivity index (χ2v) is 7.67. The van der Waals surface area contributed by atoms with Crippen LogP contribution in [0.5, 0.6) is 0 Å². The van der Waals surface area contributed by atoms with E-state index in [9.17, 15) is 9.59 Å². The maximum absolute atomic E-state index is 12.9. The zero-order valence-corrected chi connectivity index (χ0v) is 17.1. The van der Waals surface area contributed by atoms with Gasteiger partial charge in [0.05, 0.1) is 5.92 Å². The Morgan fingerprint density at radius 2 is 1.83 bits per heavy atom. The monoisotopic (exact) mass is 404 g/mol. The van der Waals surface area contributed by atoms with E-state index in [1.54, 1.807) is 12.1 Å². The Morgan fingerprint density at radius 3 is 2.53 bits per heavy atom. The van der Waals surface area contributed by atoms with Crippen molar-refractivity contribution in [2.45, 2.75) is 32.6 Å². The number of hydrogen-bond acceptors (Lipinski definition) is 5. The lowest BCUT2D eigenvalue weighted by Crippen LogP contribution is -2.39. The van der Waals surface area contributed by atoms with Gasteiger partial charge < -0.3 is 14.7 Å². The minimum absolute atomic E-state index is 0.0213. The van der Waals surface area contributed by atoms with Crippen molar-refractivity contribution in [1.82, 2.24) is 15.0 Å². The molecule has 1 aromatic heterocycles. The molecule has 1 N–H and O–H groups in total. The molecule has 30 heavy (non-hydrogen) atoms.